The van der Waals surface area contributed by atoms with Crippen LogP contribution in [0.5, 0.6) is 5.75 Å². The van der Waals surface area contributed by atoms with Crippen molar-refractivity contribution in [2.45, 2.75) is 31.8 Å². The van der Waals surface area contributed by atoms with Gasteiger partial charge >= 0.3 is 6.09 Å². The number of hydrogen-bond donors (Lipinski definition) is 0. The molecule has 3 rings (SSSR count). The molecule has 0 radical (unpaired) electrons. The van der Waals surface area contributed by atoms with Crippen molar-refractivity contribution in [1.29, 1.82) is 0 Å². The molecule has 19 heavy (non-hydrogen) atoms. The van der Waals surface area contributed by atoms with Crippen LogP contribution in [0.25, 0.3) is 0 Å². The summed E-state index contributed by atoms with van der Waals surface area (Å²) in [6.45, 7) is 4.80. The molecule has 0 bridgehead atoms. The van der Waals surface area contributed by atoms with Gasteiger partial charge in [0.15, 0.2) is 5.79 Å². The molecule has 0 N–H and O–H groups in total. The van der Waals surface area contributed by atoms with Gasteiger partial charge in [0.2, 0.25) is 0 Å². The van der Waals surface area contributed by atoms with Crippen LogP contribution in [0.3, 0.4) is 0 Å². The van der Waals surface area contributed by atoms with Crippen molar-refractivity contribution in [2.75, 3.05) is 13.1 Å². The van der Waals surface area contributed by atoms with Gasteiger partial charge in [-0.25, -0.2) is 4.79 Å². The Kier molecular flexibility index (Phi) is 2.95. The molecule has 0 unspecified atom stereocenters. The number of hydrogen-bond acceptors (Lipinski definition) is 4. The van der Waals surface area contributed by atoms with E-state index in [2.05, 4.69) is 0 Å². The predicted octanol–water partition coefficient (Wildman–Crippen LogP) is 2.02. The number of carbonyl (C=O) groups excluding carboxylic acids is 1. The number of carbonyl (C=O) groups is 1. The summed E-state index contributed by atoms with van der Waals surface area (Å²) in [5.74, 6) is -0.00294. The Morgan fingerprint density at radius 3 is 2.37 bits per heavy atom. The molecule has 0 aromatic heterocycles. The number of benzene rings is 1. The van der Waals surface area contributed by atoms with Crippen LogP contribution >= 0.6 is 0 Å². The standard InChI is InChI=1S/C14H17NO4/c1-14(2)18-11-8-15(9-12(11)19-14)13(16)17-10-6-4-3-5-7-10/h3-7,11-12H,8-9H2,1-2H3/t11-,12+. The third kappa shape index (κ3) is 2.57. The van der Waals surface area contributed by atoms with E-state index in [4.69, 9.17) is 14.2 Å². The average Bonchev–Trinajstić information content (AvgIpc) is 2.83. The molecule has 5 heteroatoms. The second-order valence-corrected chi connectivity index (χ2v) is 5.30. The quantitative estimate of drug-likeness (QED) is 0.777. The van der Waals surface area contributed by atoms with Crippen molar-refractivity contribution in [1.82, 2.24) is 4.90 Å². The topological polar surface area (TPSA) is 48.0 Å². The summed E-state index contributed by atoms with van der Waals surface area (Å²) < 4.78 is 16.8. The van der Waals surface area contributed by atoms with Gasteiger partial charge in [-0.15, -0.1) is 0 Å². The smallest absolute Gasteiger partial charge is 0.410 e. The molecule has 2 heterocycles. The average molecular weight is 263 g/mol. The lowest BCUT2D eigenvalue weighted by atomic mass is 10.3. The van der Waals surface area contributed by atoms with Crippen molar-refractivity contribution in [3.05, 3.63) is 30.3 Å². The SMILES string of the molecule is CC1(C)O[C@H]2CN(C(=O)Oc3ccccc3)C[C@H]2O1. The second kappa shape index (κ2) is 4.51. The molecule has 2 aliphatic heterocycles. The number of nitrogens with zero attached hydrogens (tertiary/aromatic N) is 1. The van der Waals surface area contributed by atoms with Gasteiger partial charge in [-0.3, -0.25) is 0 Å². The van der Waals surface area contributed by atoms with Crippen LogP contribution < -0.4 is 4.74 Å². The number of rotatable bonds is 1. The van der Waals surface area contributed by atoms with E-state index in [0.29, 0.717) is 18.8 Å². The monoisotopic (exact) mass is 263 g/mol. The zero-order chi connectivity index (χ0) is 13.5. The molecule has 0 saturated carbocycles. The summed E-state index contributed by atoms with van der Waals surface area (Å²) in [5.41, 5.74) is 0. The van der Waals surface area contributed by atoms with Crippen LogP contribution in [0, 0.1) is 0 Å². The summed E-state index contributed by atoms with van der Waals surface area (Å²) in [6.07, 6.45) is -0.470. The fraction of sp³-hybridized carbons (Fsp3) is 0.500. The van der Waals surface area contributed by atoms with E-state index in [1.54, 1.807) is 17.0 Å². The lowest BCUT2D eigenvalue weighted by Gasteiger charge is -2.22. The third-order valence-corrected chi connectivity index (χ3v) is 3.29. The Labute approximate surface area is 112 Å². The fourth-order valence-electron chi connectivity index (χ4n) is 2.53. The first-order chi connectivity index (χ1) is 9.03. The van der Waals surface area contributed by atoms with Crippen LogP contribution in [0.2, 0.25) is 0 Å². The molecule has 2 aliphatic rings. The molecule has 2 fully saturated rings. The van der Waals surface area contributed by atoms with E-state index < -0.39 is 5.79 Å². The normalized spacial score (nSPS) is 28.2. The fourth-order valence-corrected chi connectivity index (χ4v) is 2.53. The summed E-state index contributed by atoms with van der Waals surface area (Å²) >= 11 is 0. The van der Waals surface area contributed by atoms with Gasteiger partial charge in [0.1, 0.15) is 18.0 Å². The number of para-hydroxylation sites is 1. The summed E-state index contributed by atoms with van der Waals surface area (Å²) in [5, 5.41) is 0. The molecule has 5 nitrogen and oxygen atoms in total. The van der Waals surface area contributed by atoms with Gasteiger partial charge in [-0.05, 0) is 26.0 Å². The van der Waals surface area contributed by atoms with Crippen LogP contribution in [0.15, 0.2) is 30.3 Å². The minimum atomic E-state index is -0.551. The van der Waals surface area contributed by atoms with Crippen molar-refractivity contribution in [2.24, 2.45) is 0 Å². The number of ether oxygens (including phenoxy) is 3. The van der Waals surface area contributed by atoms with Crippen LogP contribution in [-0.2, 0) is 9.47 Å². The number of likely N-dealkylation sites (tertiary alicyclic amines) is 1. The summed E-state index contributed by atoms with van der Waals surface area (Å²) in [7, 11) is 0. The van der Waals surface area contributed by atoms with Gasteiger partial charge < -0.3 is 19.1 Å². The first-order valence-electron chi connectivity index (χ1n) is 6.41. The Morgan fingerprint density at radius 1 is 1.21 bits per heavy atom. The second-order valence-electron chi connectivity index (χ2n) is 5.30. The van der Waals surface area contributed by atoms with E-state index in [1.807, 2.05) is 32.0 Å². The summed E-state index contributed by atoms with van der Waals surface area (Å²) in [6, 6.07) is 9.04. The highest BCUT2D eigenvalue weighted by atomic mass is 16.8. The molecular formula is C14H17NO4. The molecule has 0 aliphatic carbocycles. The Hall–Kier alpha value is -1.59. The Morgan fingerprint density at radius 2 is 1.79 bits per heavy atom. The van der Waals surface area contributed by atoms with E-state index in [-0.39, 0.29) is 18.3 Å². The first-order valence-corrected chi connectivity index (χ1v) is 6.41. The minimum Gasteiger partial charge on any atom is -0.410 e. The third-order valence-electron chi connectivity index (χ3n) is 3.29. The van der Waals surface area contributed by atoms with Gasteiger partial charge in [-0.2, -0.15) is 0 Å². The molecular weight excluding hydrogens is 246 g/mol. The van der Waals surface area contributed by atoms with E-state index >= 15 is 0 Å². The molecule has 1 aromatic carbocycles. The Balaban J connectivity index is 1.59. The van der Waals surface area contributed by atoms with Gasteiger partial charge in [-0.1, -0.05) is 18.2 Å². The number of fused-ring (bicyclic) bond motifs is 1. The van der Waals surface area contributed by atoms with Crippen LogP contribution in [-0.4, -0.2) is 42.1 Å². The zero-order valence-corrected chi connectivity index (χ0v) is 11.0. The highest BCUT2D eigenvalue weighted by Crippen LogP contribution is 2.33. The molecule has 1 aromatic rings. The first kappa shape index (κ1) is 12.4. The lowest BCUT2D eigenvalue weighted by molar-refractivity contribution is -0.154. The van der Waals surface area contributed by atoms with E-state index in [0.717, 1.165) is 0 Å². The minimum absolute atomic E-state index is 0.0571. The molecule has 2 atom stereocenters. The molecule has 2 saturated heterocycles. The van der Waals surface area contributed by atoms with Gasteiger partial charge in [0.05, 0.1) is 13.1 Å². The molecule has 1 amide bonds. The largest absolute Gasteiger partial charge is 0.415 e. The maximum absolute atomic E-state index is 12.0. The summed E-state index contributed by atoms with van der Waals surface area (Å²) in [4.78, 5) is 13.6. The van der Waals surface area contributed by atoms with Crippen molar-refractivity contribution in [3.8, 4) is 5.75 Å². The highest BCUT2D eigenvalue weighted by Gasteiger charge is 2.48. The molecule has 0 spiro atoms. The highest BCUT2D eigenvalue weighted by molar-refractivity contribution is 5.71. The van der Waals surface area contributed by atoms with Crippen molar-refractivity contribution < 1.29 is 19.0 Å². The van der Waals surface area contributed by atoms with Crippen LogP contribution in [0.1, 0.15) is 13.8 Å². The van der Waals surface area contributed by atoms with E-state index in [9.17, 15) is 4.79 Å². The van der Waals surface area contributed by atoms with Gasteiger partial charge in [0, 0.05) is 0 Å². The van der Waals surface area contributed by atoms with Crippen LogP contribution in [0.4, 0.5) is 4.79 Å². The van der Waals surface area contributed by atoms with Crippen molar-refractivity contribution in [3.63, 3.8) is 0 Å². The lowest BCUT2D eigenvalue weighted by Crippen LogP contribution is -2.35. The maximum Gasteiger partial charge on any atom is 0.415 e. The van der Waals surface area contributed by atoms with Crippen molar-refractivity contribution >= 4 is 6.09 Å². The molecule has 102 valence electrons. The zero-order valence-electron chi connectivity index (χ0n) is 11.0. The van der Waals surface area contributed by atoms with Gasteiger partial charge in [0.25, 0.3) is 0 Å². The predicted molar refractivity (Wildman–Crippen MR) is 67.9 cm³/mol. The maximum atomic E-state index is 12.0. The number of amides is 1. The Bertz CT molecular complexity index is 458. The van der Waals surface area contributed by atoms with E-state index in [1.165, 1.54) is 0 Å².